The Morgan fingerprint density at radius 1 is 1.03 bits per heavy atom. The van der Waals surface area contributed by atoms with E-state index in [1.54, 1.807) is 7.05 Å². The second kappa shape index (κ2) is 11.8. The van der Waals surface area contributed by atoms with Crippen LogP contribution in [0.5, 0.6) is 0 Å². The van der Waals surface area contributed by atoms with Crippen molar-refractivity contribution in [2.24, 2.45) is 21.2 Å². The highest BCUT2D eigenvalue weighted by atomic mass is 15.3. The van der Waals surface area contributed by atoms with Gasteiger partial charge in [0.25, 0.3) is 0 Å². The van der Waals surface area contributed by atoms with Gasteiger partial charge in [0.15, 0.2) is 11.7 Å². The molecule has 168 valence electrons. The standard InChI is InChI=1S/C24H32N8/c1-4-6-12-22-28-23(13-7-5-2)32(30-22)17-18-14-15-21(27-16-18)19-10-8-9-11-20(19)24(26-3)29-31-25/h8-11,14-16H,4-7,12-13,17H2,1-3H3,(H2,25,26,29). The lowest BCUT2D eigenvalue weighted by molar-refractivity contribution is 0.611. The number of hydrogen-bond donors (Lipinski definition) is 1. The van der Waals surface area contributed by atoms with Crippen LogP contribution in [0, 0.1) is 0 Å². The van der Waals surface area contributed by atoms with Gasteiger partial charge in [-0.1, -0.05) is 62.2 Å². The zero-order valence-corrected chi connectivity index (χ0v) is 19.2. The SMILES string of the molecule is CCCCc1nc(CCCC)n(Cc2ccc(-c3ccccc3C(N=NN)=NC)nc2)n1. The summed E-state index contributed by atoms with van der Waals surface area (Å²) in [6.45, 7) is 5.05. The normalized spacial score (nSPS) is 12.0. The monoisotopic (exact) mass is 432 g/mol. The van der Waals surface area contributed by atoms with Gasteiger partial charge in [0.05, 0.1) is 12.2 Å². The predicted molar refractivity (Wildman–Crippen MR) is 128 cm³/mol. The lowest BCUT2D eigenvalue weighted by atomic mass is 10.0. The zero-order chi connectivity index (χ0) is 22.8. The van der Waals surface area contributed by atoms with Crippen molar-refractivity contribution in [3.8, 4) is 11.3 Å². The molecule has 0 aliphatic heterocycles. The Bertz CT molecular complexity index is 1050. The summed E-state index contributed by atoms with van der Waals surface area (Å²) in [7, 11) is 1.67. The van der Waals surface area contributed by atoms with E-state index in [0.717, 1.165) is 72.6 Å². The number of aromatic nitrogens is 4. The summed E-state index contributed by atoms with van der Waals surface area (Å²) in [4.78, 5) is 13.7. The number of pyridine rings is 1. The number of nitrogens with zero attached hydrogens (tertiary/aromatic N) is 7. The highest BCUT2D eigenvalue weighted by Gasteiger charge is 2.13. The van der Waals surface area contributed by atoms with Crippen molar-refractivity contribution in [2.75, 3.05) is 7.05 Å². The van der Waals surface area contributed by atoms with E-state index >= 15 is 0 Å². The molecule has 0 aliphatic rings. The number of unbranched alkanes of at least 4 members (excludes halogenated alkanes) is 2. The second-order valence-electron chi connectivity index (χ2n) is 7.67. The smallest absolute Gasteiger partial charge is 0.179 e. The van der Waals surface area contributed by atoms with Gasteiger partial charge in [-0.15, -0.1) is 5.11 Å². The van der Waals surface area contributed by atoms with Gasteiger partial charge in [-0.05, 0) is 24.5 Å². The van der Waals surface area contributed by atoms with E-state index in [0.29, 0.717) is 12.4 Å². The van der Waals surface area contributed by atoms with Gasteiger partial charge in [0.1, 0.15) is 5.82 Å². The molecular weight excluding hydrogens is 400 g/mol. The predicted octanol–water partition coefficient (Wildman–Crippen LogP) is 4.78. The Labute approximate surface area is 189 Å². The third-order valence-electron chi connectivity index (χ3n) is 5.27. The van der Waals surface area contributed by atoms with Crippen molar-refractivity contribution in [3.05, 3.63) is 65.4 Å². The van der Waals surface area contributed by atoms with Crippen LogP contribution in [0.25, 0.3) is 11.3 Å². The molecule has 0 saturated heterocycles. The highest BCUT2D eigenvalue weighted by Crippen LogP contribution is 2.23. The number of rotatable bonds is 10. The Balaban J connectivity index is 1.84. The summed E-state index contributed by atoms with van der Waals surface area (Å²) >= 11 is 0. The van der Waals surface area contributed by atoms with Crippen LogP contribution in [0.15, 0.2) is 57.9 Å². The number of aryl methyl sites for hydroxylation is 2. The van der Waals surface area contributed by atoms with Crippen LogP contribution in [0.2, 0.25) is 0 Å². The minimum absolute atomic E-state index is 0.469. The average Bonchev–Trinajstić information content (AvgIpc) is 3.21. The summed E-state index contributed by atoms with van der Waals surface area (Å²) < 4.78 is 2.04. The molecule has 2 N–H and O–H groups in total. The molecule has 0 amide bonds. The van der Waals surface area contributed by atoms with E-state index in [1.165, 1.54) is 0 Å². The van der Waals surface area contributed by atoms with E-state index in [4.69, 9.17) is 20.9 Å². The first kappa shape index (κ1) is 23.2. The molecule has 2 heterocycles. The van der Waals surface area contributed by atoms with E-state index in [9.17, 15) is 0 Å². The van der Waals surface area contributed by atoms with Crippen molar-refractivity contribution < 1.29 is 0 Å². The van der Waals surface area contributed by atoms with Gasteiger partial charge in [-0.3, -0.25) is 9.98 Å². The van der Waals surface area contributed by atoms with Crippen LogP contribution in [0.4, 0.5) is 0 Å². The van der Waals surface area contributed by atoms with Crippen molar-refractivity contribution in [1.82, 2.24) is 19.7 Å². The van der Waals surface area contributed by atoms with Crippen molar-refractivity contribution >= 4 is 5.84 Å². The number of aliphatic imine (C=N–C) groups is 1. The largest absolute Gasteiger partial charge is 0.305 e. The number of benzene rings is 1. The van der Waals surface area contributed by atoms with Gasteiger partial charge >= 0.3 is 0 Å². The van der Waals surface area contributed by atoms with Crippen LogP contribution in [0.1, 0.15) is 62.3 Å². The van der Waals surface area contributed by atoms with E-state index in [-0.39, 0.29) is 0 Å². The minimum atomic E-state index is 0.469. The van der Waals surface area contributed by atoms with Crippen LogP contribution in [-0.2, 0) is 19.4 Å². The Hall–Kier alpha value is -3.42. The Morgan fingerprint density at radius 2 is 1.81 bits per heavy atom. The number of hydrogen-bond acceptors (Lipinski definition) is 5. The molecular formula is C24H32N8. The van der Waals surface area contributed by atoms with Crippen LogP contribution in [0.3, 0.4) is 0 Å². The van der Waals surface area contributed by atoms with Crippen molar-refractivity contribution in [3.63, 3.8) is 0 Å². The third kappa shape index (κ3) is 5.84. The molecule has 0 fully saturated rings. The number of amidine groups is 1. The summed E-state index contributed by atoms with van der Waals surface area (Å²) in [5, 5.41) is 12.1. The van der Waals surface area contributed by atoms with E-state index in [1.807, 2.05) is 41.2 Å². The van der Waals surface area contributed by atoms with Gasteiger partial charge in [0, 0.05) is 37.2 Å². The minimum Gasteiger partial charge on any atom is -0.305 e. The Kier molecular flexibility index (Phi) is 8.60. The number of nitrogens with two attached hydrogens (primary N) is 1. The molecule has 32 heavy (non-hydrogen) atoms. The first-order valence-electron chi connectivity index (χ1n) is 11.2. The van der Waals surface area contributed by atoms with Gasteiger partial charge in [-0.25, -0.2) is 9.67 Å². The first-order chi connectivity index (χ1) is 15.7. The average molecular weight is 433 g/mol. The fourth-order valence-corrected chi connectivity index (χ4v) is 3.54. The fourth-order valence-electron chi connectivity index (χ4n) is 3.54. The first-order valence-corrected chi connectivity index (χ1v) is 11.2. The van der Waals surface area contributed by atoms with Crippen LogP contribution in [-0.4, -0.2) is 32.6 Å². The molecule has 3 rings (SSSR count). The van der Waals surface area contributed by atoms with Gasteiger partial charge < -0.3 is 5.84 Å². The topological polar surface area (TPSA) is 107 Å². The maximum absolute atomic E-state index is 5.24. The van der Waals surface area contributed by atoms with E-state index < -0.39 is 0 Å². The zero-order valence-electron chi connectivity index (χ0n) is 19.2. The molecule has 0 bridgehead atoms. The van der Waals surface area contributed by atoms with Gasteiger partial charge in [-0.2, -0.15) is 5.10 Å². The lowest BCUT2D eigenvalue weighted by Crippen LogP contribution is -2.08. The molecule has 8 nitrogen and oxygen atoms in total. The molecule has 3 aromatic rings. The molecule has 0 saturated carbocycles. The second-order valence-corrected chi connectivity index (χ2v) is 7.67. The maximum atomic E-state index is 5.24. The molecule has 2 aromatic heterocycles. The summed E-state index contributed by atoms with van der Waals surface area (Å²) in [6.07, 6.45) is 8.28. The molecule has 8 heteroatoms. The molecule has 0 spiro atoms. The quantitative estimate of drug-likeness (QED) is 0.164. The third-order valence-corrected chi connectivity index (χ3v) is 5.27. The highest BCUT2D eigenvalue weighted by molar-refractivity contribution is 6.04. The molecule has 0 radical (unpaired) electrons. The van der Waals surface area contributed by atoms with Crippen LogP contribution < -0.4 is 5.84 Å². The van der Waals surface area contributed by atoms with Crippen LogP contribution >= 0.6 is 0 Å². The molecule has 1 aromatic carbocycles. The lowest BCUT2D eigenvalue weighted by Gasteiger charge is -2.09. The molecule has 0 atom stereocenters. The maximum Gasteiger partial charge on any atom is 0.179 e. The van der Waals surface area contributed by atoms with Crippen molar-refractivity contribution in [1.29, 1.82) is 0 Å². The van der Waals surface area contributed by atoms with E-state index in [2.05, 4.69) is 35.2 Å². The fraction of sp³-hybridized carbons (Fsp3) is 0.417. The van der Waals surface area contributed by atoms with Crippen molar-refractivity contribution in [2.45, 2.75) is 58.9 Å². The molecule has 0 unspecified atom stereocenters. The summed E-state index contributed by atoms with van der Waals surface area (Å²) in [5.41, 5.74) is 3.69. The van der Waals surface area contributed by atoms with Gasteiger partial charge in [0.2, 0.25) is 0 Å². The summed E-state index contributed by atoms with van der Waals surface area (Å²) in [6, 6.07) is 11.9. The summed E-state index contributed by atoms with van der Waals surface area (Å²) in [5.74, 6) is 7.71. The Morgan fingerprint density at radius 3 is 2.50 bits per heavy atom. The molecule has 0 aliphatic carbocycles.